The highest BCUT2D eigenvalue weighted by molar-refractivity contribution is 6.22. The van der Waals surface area contributed by atoms with Crippen LogP contribution in [-0.2, 0) is 22.4 Å². The van der Waals surface area contributed by atoms with Crippen molar-refractivity contribution in [3.63, 3.8) is 0 Å². The fraction of sp³-hybridized carbons (Fsp3) is 0.346. The van der Waals surface area contributed by atoms with Gasteiger partial charge in [0.1, 0.15) is 0 Å². The number of amides is 3. The highest BCUT2D eigenvalue weighted by Gasteiger charge is 2.50. The van der Waals surface area contributed by atoms with Crippen LogP contribution in [0, 0.1) is 17.8 Å². The topological polar surface area (TPSA) is 66.5 Å². The Hall–Kier alpha value is -3.21. The van der Waals surface area contributed by atoms with Crippen molar-refractivity contribution < 1.29 is 14.4 Å². The zero-order valence-electron chi connectivity index (χ0n) is 18.2. The molecule has 0 unspecified atom stereocenters. The van der Waals surface area contributed by atoms with E-state index in [1.165, 1.54) is 4.90 Å². The lowest BCUT2D eigenvalue weighted by molar-refractivity contribution is -0.122. The number of imide groups is 1. The summed E-state index contributed by atoms with van der Waals surface area (Å²) in [5.74, 6) is -1.19. The van der Waals surface area contributed by atoms with E-state index < -0.39 is 0 Å². The lowest BCUT2D eigenvalue weighted by Crippen LogP contribution is -2.31. The lowest BCUT2D eigenvalue weighted by Gasteiger charge is -2.22. The van der Waals surface area contributed by atoms with E-state index in [1.807, 2.05) is 37.3 Å². The molecule has 4 rings (SSSR count). The first-order chi connectivity index (χ1) is 15.0. The molecule has 31 heavy (non-hydrogen) atoms. The molecule has 0 bridgehead atoms. The van der Waals surface area contributed by atoms with Crippen molar-refractivity contribution in [3.05, 3.63) is 71.3 Å². The largest absolute Gasteiger partial charge is 0.321 e. The smallest absolute Gasteiger partial charge is 0.255 e. The molecule has 5 heteroatoms. The van der Waals surface area contributed by atoms with E-state index >= 15 is 0 Å². The second-order valence-corrected chi connectivity index (χ2v) is 8.33. The van der Waals surface area contributed by atoms with Gasteiger partial charge in [-0.15, -0.1) is 0 Å². The summed E-state index contributed by atoms with van der Waals surface area (Å²) in [5, 5.41) is 3.06. The minimum Gasteiger partial charge on any atom is -0.321 e. The summed E-state index contributed by atoms with van der Waals surface area (Å²) in [6.45, 7) is 6.10. The van der Waals surface area contributed by atoms with Gasteiger partial charge in [0.2, 0.25) is 11.8 Å². The molecule has 1 aliphatic heterocycles. The third-order valence-corrected chi connectivity index (χ3v) is 6.48. The number of nitrogens with zero attached hydrogens (tertiary/aromatic N) is 1. The van der Waals surface area contributed by atoms with Gasteiger partial charge in [-0.25, -0.2) is 0 Å². The number of rotatable bonds is 5. The predicted octanol–water partition coefficient (Wildman–Crippen LogP) is 4.77. The van der Waals surface area contributed by atoms with Crippen molar-refractivity contribution in [1.29, 1.82) is 0 Å². The molecule has 2 aromatic carbocycles. The number of hydrogen-bond donors (Lipinski definition) is 1. The summed E-state index contributed by atoms with van der Waals surface area (Å²) in [4.78, 5) is 40.4. The Morgan fingerprint density at radius 1 is 1.03 bits per heavy atom. The Morgan fingerprint density at radius 3 is 2.35 bits per heavy atom. The van der Waals surface area contributed by atoms with Crippen LogP contribution >= 0.6 is 0 Å². The Labute approximate surface area is 183 Å². The fourth-order valence-corrected chi connectivity index (χ4v) is 4.78. The molecular weight excluding hydrogens is 388 g/mol. The molecule has 2 aliphatic rings. The van der Waals surface area contributed by atoms with Gasteiger partial charge in [-0.2, -0.15) is 0 Å². The van der Waals surface area contributed by atoms with E-state index in [0.717, 1.165) is 29.7 Å². The lowest BCUT2D eigenvalue weighted by atomic mass is 9.78. The Morgan fingerprint density at radius 2 is 1.71 bits per heavy atom. The minimum absolute atomic E-state index is 0.0321. The molecule has 0 spiro atoms. The molecule has 1 aliphatic carbocycles. The predicted molar refractivity (Wildman–Crippen MR) is 122 cm³/mol. The Kier molecular flexibility index (Phi) is 5.77. The highest BCUT2D eigenvalue weighted by atomic mass is 16.2. The molecule has 1 N–H and O–H groups in total. The zero-order valence-corrected chi connectivity index (χ0v) is 18.2. The van der Waals surface area contributed by atoms with Gasteiger partial charge >= 0.3 is 0 Å². The number of allylic oxidation sites excluding steroid dienone is 2. The number of aryl methyl sites for hydroxylation is 2. The molecule has 0 saturated carbocycles. The summed E-state index contributed by atoms with van der Waals surface area (Å²) in [6.07, 6.45) is 6.21. The van der Waals surface area contributed by atoms with E-state index in [9.17, 15) is 14.4 Å². The number of fused-ring (bicyclic) bond motifs is 1. The summed E-state index contributed by atoms with van der Waals surface area (Å²) in [7, 11) is 0. The summed E-state index contributed by atoms with van der Waals surface area (Å²) in [6, 6.07) is 12.8. The summed E-state index contributed by atoms with van der Waals surface area (Å²) < 4.78 is 0. The number of hydrogen-bond acceptors (Lipinski definition) is 3. The molecule has 0 radical (unpaired) electrons. The van der Waals surface area contributed by atoms with Crippen LogP contribution in [0.1, 0.15) is 48.7 Å². The minimum atomic E-state index is -0.321. The van der Waals surface area contributed by atoms with Crippen LogP contribution in [0.25, 0.3) is 0 Å². The van der Waals surface area contributed by atoms with E-state index in [0.29, 0.717) is 17.7 Å². The zero-order chi connectivity index (χ0) is 22.1. The van der Waals surface area contributed by atoms with Crippen molar-refractivity contribution >= 4 is 29.1 Å². The molecule has 2 aromatic rings. The molecule has 1 fully saturated rings. The number of carbonyl (C=O) groups is 3. The maximum Gasteiger partial charge on any atom is 0.255 e. The summed E-state index contributed by atoms with van der Waals surface area (Å²) >= 11 is 0. The van der Waals surface area contributed by atoms with Crippen molar-refractivity contribution in [2.24, 2.45) is 17.8 Å². The molecule has 160 valence electrons. The second kappa shape index (κ2) is 8.50. The third kappa shape index (κ3) is 3.69. The van der Waals surface area contributed by atoms with E-state index in [-0.39, 0.29) is 35.5 Å². The van der Waals surface area contributed by atoms with Gasteiger partial charge < -0.3 is 5.32 Å². The van der Waals surface area contributed by atoms with Gasteiger partial charge in [-0.1, -0.05) is 57.2 Å². The van der Waals surface area contributed by atoms with Crippen molar-refractivity contribution in [3.8, 4) is 0 Å². The molecule has 3 atom stereocenters. The van der Waals surface area contributed by atoms with Crippen LogP contribution < -0.4 is 10.2 Å². The molecule has 1 saturated heterocycles. The van der Waals surface area contributed by atoms with Crippen LogP contribution in [-0.4, -0.2) is 17.7 Å². The van der Waals surface area contributed by atoms with Crippen LogP contribution in [0.3, 0.4) is 0 Å². The van der Waals surface area contributed by atoms with E-state index in [1.54, 1.807) is 24.3 Å². The van der Waals surface area contributed by atoms with Crippen molar-refractivity contribution in [1.82, 2.24) is 0 Å². The fourth-order valence-electron chi connectivity index (χ4n) is 4.78. The molecule has 1 heterocycles. The van der Waals surface area contributed by atoms with Crippen molar-refractivity contribution in [2.75, 3.05) is 10.2 Å². The summed E-state index contributed by atoms with van der Waals surface area (Å²) in [5.41, 5.74) is 3.90. The standard InChI is InChI=1S/C26H28N2O3/c1-4-17-10-7-11-18(5-2)23(17)27-24(29)19-12-8-13-20(15-19)28-25(30)21-14-6-9-16(3)22(21)26(28)31/h6-13,15-16,21-22H,4-5,14H2,1-3H3,(H,27,29)/t16-,21-,22-/m1/s1. The number of nitrogens with one attached hydrogen (secondary N) is 1. The molecule has 5 nitrogen and oxygen atoms in total. The van der Waals surface area contributed by atoms with Crippen LogP contribution in [0.5, 0.6) is 0 Å². The highest BCUT2D eigenvalue weighted by Crippen LogP contribution is 2.40. The van der Waals surface area contributed by atoms with Gasteiger partial charge in [-0.05, 0) is 54.5 Å². The molecule has 0 aromatic heterocycles. The van der Waals surface area contributed by atoms with Gasteiger partial charge in [0.05, 0.1) is 17.5 Å². The monoisotopic (exact) mass is 416 g/mol. The second-order valence-electron chi connectivity index (χ2n) is 8.33. The number of carbonyl (C=O) groups excluding carboxylic acids is 3. The first kappa shape index (κ1) is 21.0. The number of para-hydroxylation sites is 1. The van der Waals surface area contributed by atoms with Gasteiger partial charge in [0, 0.05) is 11.3 Å². The maximum atomic E-state index is 13.1. The van der Waals surface area contributed by atoms with Gasteiger partial charge in [-0.3, -0.25) is 19.3 Å². The van der Waals surface area contributed by atoms with Gasteiger partial charge in [0.15, 0.2) is 0 Å². The Balaban J connectivity index is 1.62. The Bertz CT molecular complexity index is 1050. The van der Waals surface area contributed by atoms with Crippen LogP contribution in [0.4, 0.5) is 11.4 Å². The quantitative estimate of drug-likeness (QED) is 0.564. The first-order valence-electron chi connectivity index (χ1n) is 11.0. The van der Waals surface area contributed by atoms with Crippen LogP contribution in [0.2, 0.25) is 0 Å². The average Bonchev–Trinajstić information content (AvgIpc) is 3.05. The average molecular weight is 417 g/mol. The van der Waals surface area contributed by atoms with Crippen LogP contribution in [0.15, 0.2) is 54.6 Å². The third-order valence-electron chi connectivity index (χ3n) is 6.48. The van der Waals surface area contributed by atoms with Crippen molar-refractivity contribution in [2.45, 2.75) is 40.0 Å². The number of benzene rings is 2. The number of anilines is 2. The first-order valence-corrected chi connectivity index (χ1v) is 11.0. The molecular formula is C26H28N2O3. The SMILES string of the molecule is CCc1cccc(CC)c1NC(=O)c1cccc(N2C(=O)[C@@H]3[C@H](C)C=CC[C@H]3C2=O)c1. The molecule has 3 amide bonds. The normalized spacial score (nSPS) is 22.5. The maximum absolute atomic E-state index is 13.1. The van der Waals surface area contributed by atoms with E-state index in [4.69, 9.17) is 0 Å². The van der Waals surface area contributed by atoms with E-state index in [2.05, 4.69) is 19.2 Å². The van der Waals surface area contributed by atoms with Gasteiger partial charge in [0.25, 0.3) is 5.91 Å².